The molecule has 1 aliphatic heterocycles. The van der Waals surface area contributed by atoms with Crippen LogP contribution < -0.4 is 4.90 Å². The van der Waals surface area contributed by atoms with E-state index in [0.717, 1.165) is 17.9 Å². The quantitative estimate of drug-likeness (QED) is 0.917. The third-order valence-corrected chi connectivity index (χ3v) is 3.94. The van der Waals surface area contributed by atoms with Crippen molar-refractivity contribution in [3.63, 3.8) is 0 Å². The Bertz CT molecular complexity index is 678. The number of anilines is 1. The normalized spacial score (nSPS) is 20.8. The fourth-order valence-corrected chi connectivity index (χ4v) is 2.81. The molecule has 0 spiro atoms. The molecular weight excluding hydrogens is 280 g/mol. The maximum absolute atomic E-state index is 9.25. The van der Waals surface area contributed by atoms with Crippen LogP contribution in [0.3, 0.4) is 0 Å². The van der Waals surface area contributed by atoms with E-state index in [1.54, 1.807) is 6.07 Å². The summed E-state index contributed by atoms with van der Waals surface area (Å²) < 4.78 is 5.85. The molecule has 1 saturated heterocycles. The van der Waals surface area contributed by atoms with Crippen molar-refractivity contribution in [3.8, 4) is 6.07 Å². The monoisotopic (exact) mass is 298 g/mol. The molecule has 3 rings (SSSR count). The molecule has 7 heteroatoms. The van der Waals surface area contributed by atoms with Gasteiger partial charge < -0.3 is 9.64 Å². The Morgan fingerprint density at radius 1 is 1.50 bits per heavy atom. The zero-order valence-electron chi connectivity index (χ0n) is 12.7. The zero-order valence-corrected chi connectivity index (χ0v) is 12.7. The van der Waals surface area contributed by atoms with Crippen LogP contribution in [0.2, 0.25) is 0 Å². The van der Waals surface area contributed by atoms with Crippen LogP contribution in [0.25, 0.3) is 0 Å². The summed E-state index contributed by atoms with van der Waals surface area (Å²) >= 11 is 0. The summed E-state index contributed by atoms with van der Waals surface area (Å²) in [5, 5.41) is 16.1. The summed E-state index contributed by atoms with van der Waals surface area (Å²) in [5.41, 5.74) is 1.46. The molecule has 0 unspecified atom stereocenters. The molecule has 0 radical (unpaired) electrons. The van der Waals surface area contributed by atoms with Crippen molar-refractivity contribution >= 4 is 5.82 Å². The van der Waals surface area contributed by atoms with Gasteiger partial charge in [0.2, 0.25) is 0 Å². The third kappa shape index (κ3) is 2.78. The molecule has 7 nitrogen and oxygen atoms in total. The number of nitrogens with one attached hydrogen (secondary N) is 1. The average Bonchev–Trinajstić information content (AvgIpc) is 3.17. The Labute approximate surface area is 129 Å². The Balaban J connectivity index is 1.78. The molecule has 0 bridgehead atoms. The third-order valence-electron chi connectivity index (χ3n) is 3.94. The van der Waals surface area contributed by atoms with Crippen molar-refractivity contribution in [1.29, 1.82) is 5.26 Å². The van der Waals surface area contributed by atoms with Gasteiger partial charge in [-0.1, -0.05) is 0 Å². The Hall–Kier alpha value is -2.46. The number of likely N-dealkylation sites (N-methyl/N-ethyl adjacent to an activating group) is 1. The van der Waals surface area contributed by atoms with Gasteiger partial charge in [-0.2, -0.15) is 10.4 Å². The number of aromatic amines is 1. The molecule has 0 amide bonds. The van der Waals surface area contributed by atoms with E-state index >= 15 is 0 Å². The minimum Gasteiger partial charge on any atom is -0.376 e. The van der Waals surface area contributed by atoms with Gasteiger partial charge in [0.05, 0.1) is 11.7 Å². The molecular formula is C15H18N6O. The molecule has 0 saturated carbocycles. The molecule has 2 aromatic rings. The van der Waals surface area contributed by atoms with E-state index < -0.39 is 0 Å². The lowest BCUT2D eigenvalue weighted by atomic mass is 10.0. The molecule has 1 fully saturated rings. The SMILES string of the molecule is Cc1ccc(C#N)c(N(C)C[C@H]2OCC[C@H]2c2ncn[nH]2)n1. The lowest BCUT2D eigenvalue weighted by Crippen LogP contribution is -2.33. The first-order chi connectivity index (χ1) is 10.7. The van der Waals surface area contributed by atoms with E-state index in [1.165, 1.54) is 6.33 Å². The highest BCUT2D eigenvalue weighted by Gasteiger charge is 2.33. The smallest absolute Gasteiger partial charge is 0.146 e. The number of rotatable bonds is 4. The molecule has 0 aliphatic carbocycles. The van der Waals surface area contributed by atoms with Gasteiger partial charge in [0.1, 0.15) is 24.0 Å². The minimum atomic E-state index is 0.00630. The average molecular weight is 298 g/mol. The first kappa shape index (κ1) is 14.5. The lowest BCUT2D eigenvalue weighted by Gasteiger charge is -2.25. The predicted molar refractivity (Wildman–Crippen MR) is 80.4 cm³/mol. The summed E-state index contributed by atoms with van der Waals surface area (Å²) in [5.74, 6) is 1.74. The standard InChI is InChI=1S/C15H18N6O/c1-10-3-4-11(7-16)15(19-10)21(2)8-13-12(5-6-22-13)14-17-9-18-20-14/h3-4,9,12-13H,5-6,8H2,1-2H3,(H,17,18,20)/t12-,13-/m1/s1. The fourth-order valence-electron chi connectivity index (χ4n) is 2.81. The topological polar surface area (TPSA) is 90.7 Å². The van der Waals surface area contributed by atoms with Crippen molar-refractivity contribution in [2.75, 3.05) is 25.1 Å². The fraction of sp³-hybridized carbons (Fsp3) is 0.467. The van der Waals surface area contributed by atoms with Crippen molar-refractivity contribution in [3.05, 3.63) is 35.5 Å². The number of hydrogen-bond donors (Lipinski definition) is 1. The van der Waals surface area contributed by atoms with Gasteiger partial charge in [-0.15, -0.1) is 0 Å². The second kappa shape index (κ2) is 6.12. The summed E-state index contributed by atoms with van der Waals surface area (Å²) in [6.45, 7) is 3.27. The van der Waals surface area contributed by atoms with E-state index in [-0.39, 0.29) is 12.0 Å². The number of nitrogens with zero attached hydrogens (tertiary/aromatic N) is 5. The van der Waals surface area contributed by atoms with Gasteiger partial charge in [0, 0.05) is 31.8 Å². The molecule has 1 aliphatic rings. The van der Waals surface area contributed by atoms with Crippen LogP contribution in [0.4, 0.5) is 5.82 Å². The van der Waals surface area contributed by atoms with Gasteiger partial charge in [0.25, 0.3) is 0 Å². The van der Waals surface area contributed by atoms with E-state index in [2.05, 4.69) is 26.2 Å². The maximum Gasteiger partial charge on any atom is 0.146 e. The lowest BCUT2D eigenvalue weighted by molar-refractivity contribution is 0.108. The predicted octanol–water partition coefficient (Wildman–Crippen LogP) is 1.39. The van der Waals surface area contributed by atoms with Crippen LogP contribution in [0.15, 0.2) is 18.5 Å². The summed E-state index contributed by atoms with van der Waals surface area (Å²) in [6.07, 6.45) is 2.44. The zero-order chi connectivity index (χ0) is 15.5. The second-order valence-corrected chi connectivity index (χ2v) is 5.49. The minimum absolute atomic E-state index is 0.00630. The van der Waals surface area contributed by atoms with Crippen LogP contribution in [0, 0.1) is 18.3 Å². The van der Waals surface area contributed by atoms with Crippen molar-refractivity contribution in [2.24, 2.45) is 0 Å². The van der Waals surface area contributed by atoms with Gasteiger partial charge >= 0.3 is 0 Å². The number of hydrogen-bond acceptors (Lipinski definition) is 6. The van der Waals surface area contributed by atoms with Gasteiger partial charge in [-0.25, -0.2) is 9.97 Å². The number of nitriles is 1. The maximum atomic E-state index is 9.25. The summed E-state index contributed by atoms with van der Waals surface area (Å²) in [7, 11) is 1.93. The Morgan fingerprint density at radius 3 is 3.09 bits per heavy atom. The van der Waals surface area contributed by atoms with Crippen molar-refractivity contribution in [2.45, 2.75) is 25.4 Å². The van der Waals surface area contributed by atoms with Crippen LogP contribution in [0.1, 0.15) is 29.4 Å². The van der Waals surface area contributed by atoms with Gasteiger partial charge in [0.15, 0.2) is 0 Å². The van der Waals surface area contributed by atoms with Gasteiger partial charge in [-0.3, -0.25) is 5.10 Å². The van der Waals surface area contributed by atoms with Crippen LogP contribution in [-0.2, 0) is 4.74 Å². The van der Waals surface area contributed by atoms with Gasteiger partial charge in [-0.05, 0) is 25.5 Å². The largest absolute Gasteiger partial charge is 0.376 e. The number of ether oxygens (including phenoxy) is 1. The molecule has 22 heavy (non-hydrogen) atoms. The van der Waals surface area contributed by atoms with Crippen LogP contribution in [-0.4, -0.2) is 46.5 Å². The Morgan fingerprint density at radius 2 is 2.36 bits per heavy atom. The summed E-state index contributed by atoms with van der Waals surface area (Å²) in [4.78, 5) is 10.7. The second-order valence-electron chi connectivity index (χ2n) is 5.49. The van der Waals surface area contributed by atoms with E-state index in [4.69, 9.17) is 4.74 Å². The van der Waals surface area contributed by atoms with E-state index in [9.17, 15) is 5.26 Å². The molecule has 2 aromatic heterocycles. The highest BCUT2D eigenvalue weighted by molar-refractivity contribution is 5.53. The number of aromatic nitrogens is 4. The van der Waals surface area contributed by atoms with Crippen LogP contribution >= 0.6 is 0 Å². The number of pyridine rings is 1. The number of aryl methyl sites for hydroxylation is 1. The molecule has 0 aromatic carbocycles. The first-order valence-corrected chi connectivity index (χ1v) is 7.25. The van der Waals surface area contributed by atoms with E-state index in [0.29, 0.717) is 24.5 Å². The molecule has 3 heterocycles. The van der Waals surface area contributed by atoms with E-state index in [1.807, 2.05) is 24.9 Å². The summed E-state index contributed by atoms with van der Waals surface area (Å²) in [6, 6.07) is 5.84. The molecule has 2 atom stereocenters. The first-order valence-electron chi connectivity index (χ1n) is 7.25. The Kier molecular flexibility index (Phi) is 4.02. The van der Waals surface area contributed by atoms with Crippen LogP contribution in [0.5, 0.6) is 0 Å². The van der Waals surface area contributed by atoms with Crippen molar-refractivity contribution in [1.82, 2.24) is 20.2 Å². The number of H-pyrrole nitrogens is 1. The van der Waals surface area contributed by atoms with Crippen molar-refractivity contribution < 1.29 is 4.74 Å². The highest BCUT2D eigenvalue weighted by atomic mass is 16.5. The highest BCUT2D eigenvalue weighted by Crippen LogP contribution is 2.30. The molecule has 114 valence electrons. The molecule has 1 N–H and O–H groups in total.